The summed E-state index contributed by atoms with van der Waals surface area (Å²) in [6.45, 7) is 4.12. The number of morpholine rings is 1. The highest BCUT2D eigenvalue weighted by molar-refractivity contribution is 6.20. The third kappa shape index (κ3) is 2.48. The largest absolute Gasteiger partial charge is 0.372 e. The maximum absolute atomic E-state index is 13.4. The summed E-state index contributed by atoms with van der Waals surface area (Å²) in [4.78, 5) is 53.8. The number of ether oxygens (including phenoxy) is 1. The Labute approximate surface area is 167 Å². The molecule has 4 rings (SSSR count). The minimum atomic E-state index is -1.60. The van der Waals surface area contributed by atoms with Crippen molar-refractivity contribution in [1.82, 2.24) is 9.80 Å². The van der Waals surface area contributed by atoms with Crippen molar-refractivity contribution >= 4 is 29.2 Å². The second-order valence-corrected chi connectivity index (χ2v) is 7.98. The second-order valence-electron chi connectivity index (χ2n) is 7.98. The van der Waals surface area contributed by atoms with Crippen molar-refractivity contribution in [3.8, 4) is 0 Å². The molecule has 0 aliphatic carbocycles. The Morgan fingerprint density at radius 2 is 1.76 bits per heavy atom. The number of fused-ring (bicyclic) bond motifs is 4. The fourth-order valence-corrected chi connectivity index (χ4v) is 5.05. The number of amides is 4. The van der Waals surface area contributed by atoms with Gasteiger partial charge in [-0.1, -0.05) is 0 Å². The number of imide groups is 2. The average molecular weight is 402 g/mol. The number of rotatable bonds is 1. The maximum atomic E-state index is 13.4. The molecule has 2 fully saturated rings. The molecule has 1 aromatic rings. The van der Waals surface area contributed by atoms with Crippen molar-refractivity contribution in [2.75, 3.05) is 25.5 Å². The van der Waals surface area contributed by atoms with Gasteiger partial charge < -0.3 is 9.64 Å². The fraction of sp³-hybridized carbons (Fsp3) is 0.526. The van der Waals surface area contributed by atoms with E-state index in [1.54, 1.807) is 6.07 Å². The summed E-state index contributed by atoms with van der Waals surface area (Å²) in [7, 11) is 2.69. The summed E-state index contributed by atoms with van der Waals surface area (Å²) >= 11 is 0. The number of carbonyl (C=O) groups excluding carboxylic acids is 3. The molecule has 0 bridgehead atoms. The number of nitro benzene ring substituents is 1. The zero-order chi connectivity index (χ0) is 21.2. The quantitative estimate of drug-likeness (QED) is 0.394. The Morgan fingerprint density at radius 3 is 2.34 bits per heavy atom. The van der Waals surface area contributed by atoms with Crippen LogP contribution in [0.3, 0.4) is 0 Å². The number of nitrogens with zero attached hydrogens (tertiary/aromatic N) is 4. The zero-order valence-electron chi connectivity index (χ0n) is 16.6. The van der Waals surface area contributed by atoms with Crippen LogP contribution in [-0.4, -0.2) is 71.5 Å². The van der Waals surface area contributed by atoms with Gasteiger partial charge in [0, 0.05) is 44.9 Å². The molecule has 0 N–H and O–H groups in total. The standard InChI is InChI=1S/C19H22N4O6/c1-10-9-22-14-6-5-13(23(27)28)7-12(14)8-19(15(22)11(2)29-10)16(24)20(3)18(26)21(4)17(19)25/h5-7,10-11,15H,8-9H2,1-4H3/t10-,11-,15-/m1/s1. The molecule has 0 radical (unpaired) electrons. The van der Waals surface area contributed by atoms with Gasteiger partial charge in [-0.3, -0.25) is 29.5 Å². The summed E-state index contributed by atoms with van der Waals surface area (Å²) in [5.41, 5.74) is -0.426. The molecule has 1 spiro atoms. The third-order valence-corrected chi connectivity index (χ3v) is 6.19. The molecule has 0 aromatic heterocycles. The lowest BCUT2D eigenvalue weighted by Gasteiger charge is -2.57. The molecule has 3 atom stereocenters. The van der Waals surface area contributed by atoms with Gasteiger partial charge in [-0.05, 0) is 25.5 Å². The lowest BCUT2D eigenvalue weighted by molar-refractivity contribution is -0.384. The Kier molecular flexibility index (Phi) is 4.16. The smallest absolute Gasteiger partial charge is 0.332 e. The van der Waals surface area contributed by atoms with Gasteiger partial charge in [-0.2, -0.15) is 0 Å². The number of barbiturate groups is 1. The Balaban J connectivity index is 1.96. The number of hydrogen-bond acceptors (Lipinski definition) is 7. The van der Waals surface area contributed by atoms with Gasteiger partial charge in [0.25, 0.3) is 5.69 Å². The number of non-ortho nitro benzene ring substituents is 1. The summed E-state index contributed by atoms with van der Waals surface area (Å²) < 4.78 is 5.98. The van der Waals surface area contributed by atoms with E-state index in [9.17, 15) is 24.5 Å². The normalized spacial score (nSPS) is 28.5. The number of urea groups is 1. The van der Waals surface area contributed by atoms with Crippen LogP contribution in [-0.2, 0) is 20.7 Å². The first-order valence-electron chi connectivity index (χ1n) is 9.39. The molecule has 0 saturated carbocycles. The van der Waals surface area contributed by atoms with E-state index in [4.69, 9.17) is 4.74 Å². The molecule has 10 nitrogen and oxygen atoms in total. The average Bonchev–Trinajstić information content (AvgIpc) is 2.68. The van der Waals surface area contributed by atoms with Crippen molar-refractivity contribution in [3.63, 3.8) is 0 Å². The molecular weight excluding hydrogens is 380 g/mol. The molecule has 2 saturated heterocycles. The van der Waals surface area contributed by atoms with Crippen molar-refractivity contribution in [3.05, 3.63) is 33.9 Å². The van der Waals surface area contributed by atoms with E-state index in [1.165, 1.54) is 26.2 Å². The van der Waals surface area contributed by atoms with Crippen LogP contribution in [0.4, 0.5) is 16.2 Å². The molecule has 10 heteroatoms. The molecule has 3 aliphatic rings. The summed E-state index contributed by atoms with van der Waals surface area (Å²) in [5.74, 6) is -1.22. The van der Waals surface area contributed by atoms with E-state index in [0.717, 1.165) is 15.5 Å². The van der Waals surface area contributed by atoms with Crippen LogP contribution >= 0.6 is 0 Å². The molecule has 1 aromatic carbocycles. The highest BCUT2D eigenvalue weighted by Gasteiger charge is 2.65. The van der Waals surface area contributed by atoms with Crippen LogP contribution in [0.1, 0.15) is 19.4 Å². The van der Waals surface area contributed by atoms with Crippen molar-refractivity contribution in [1.29, 1.82) is 0 Å². The molecular formula is C19H22N4O6. The number of nitro groups is 1. The van der Waals surface area contributed by atoms with E-state index in [1.807, 2.05) is 18.7 Å². The topological polar surface area (TPSA) is 113 Å². The number of benzene rings is 1. The molecule has 3 heterocycles. The number of carbonyl (C=O) groups is 3. The van der Waals surface area contributed by atoms with Gasteiger partial charge in [0.1, 0.15) is 0 Å². The fourth-order valence-electron chi connectivity index (χ4n) is 5.05. The van der Waals surface area contributed by atoms with E-state index in [2.05, 4.69) is 0 Å². The monoisotopic (exact) mass is 402 g/mol. The highest BCUT2D eigenvalue weighted by Crippen LogP contribution is 2.49. The molecule has 3 aliphatic heterocycles. The van der Waals surface area contributed by atoms with Crippen LogP contribution in [0.25, 0.3) is 0 Å². The second kappa shape index (κ2) is 6.24. The zero-order valence-corrected chi connectivity index (χ0v) is 16.6. The van der Waals surface area contributed by atoms with E-state index >= 15 is 0 Å². The number of anilines is 1. The van der Waals surface area contributed by atoms with E-state index in [0.29, 0.717) is 12.1 Å². The van der Waals surface area contributed by atoms with Gasteiger partial charge in [-0.25, -0.2) is 4.79 Å². The number of hydrogen-bond donors (Lipinski definition) is 0. The van der Waals surface area contributed by atoms with Gasteiger partial charge in [0.15, 0.2) is 5.41 Å². The van der Waals surface area contributed by atoms with Crippen LogP contribution in [0.15, 0.2) is 18.2 Å². The van der Waals surface area contributed by atoms with Gasteiger partial charge in [0.05, 0.1) is 23.2 Å². The SMILES string of the molecule is C[C@@H]1CN2c3ccc([N+](=O)[O-])cc3CC3(C(=O)N(C)C(=O)N(C)C3=O)[C@H]2[C@@H](C)O1. The summed E-state index contributed by atoms with van der Waals surface area (Å²) in [6, 6.07) is 3.17. The summed E-state index contributed by atoms with van der Waals surface area (Å²) in [6.07, 6.45) is -0.664. The van der Waals surface area contributed by atoms with Crippen LogP contribution < -0.4 is 4.90 Å². The van der Waals surface area contributed by atoms with Crippen molar-refractivity contribution in [2.24, 2.45) is 5.41 Å². The predicted molar refractivity (Wildman–Crippen MR) is 101 cm³/mol. The summed E-state index contributed by atoms with van der Waals surface area (Å²) in [5, 5.41) is 11.3. The lowest BCUT2D eigenvalue weighted by Crippen LogP contribution is -2.75. The van der Waals surface area contributed by atoms with E-state index < -0.39 is 40.3 Å². The minimum Gasteiger partial charge on any atom is -0.372 e. The van der Waals surface area contributed by atoms with Crippen LogP contribution in [0.2, 0.25) is 0 Å². The first-order chi connectivity index (χ1) is 13.6. The van der Waals surface area contributed by atoms with Crippen LogP contribution in [0.5, 0.6) is 0 Å². The first-order valence-corrected chi connectivity index (χ1v) is 9.39. The third-order valence-electron chi connectivity index (χ3n) is 6.19. The highest BCUT2D eigenvalue weighted by atomic mass is 16.6. The van der Waals surface area contributed by atoms with Gasteiger partial charge in [-0.15, -0.1) is 0 Å². The Bertz CT molecular complexity index is 923. The predicted octanol–water partition coefficient (Wildman–Crippen LogP) is 1.17. The lowest BCUT2D eigenvalue weighted by atomic mass is 9.66. The minimum absolute atomic E-state index is 0.0348. The molecule has 4 amide bonds. The molecule has 29 heavy (non-hydrogen) atoms. The first kappa shape index (κ1) is 19.3. The molecule has 154 valence electrons. The Morgan fingerprint density at radius 1 is 1.14 bits per heavy atom. The van der Waals surface area contributed by atoms with Crippen molar-refractivity contribution in [2.45, 2.75) is 38.5 Å². The van der Waals surface area contributed by atoms with Gasteiger partial charge in [0.2, 0.25) is 11.8 Å². The van der Waals surface area contributed by atoms with Crippen LogP contribution in [0, 0.1) is 15.5 Å². The maximum Gasteiger partial charge on any atom is 0.332 e. The van der Waals surface area contributed by atoms with Gasteiger partial charge >= 0.3 is 6.03 Å². The molecule has 0 unspecified atom stereocenters. The van der Waals surface area contributed by atoms with Crippen molar-refractivity contribution < 1.29 is 24.0 Å². The Hall–Kier alpha value is -3.01. The van der Waals surface area contributed by atoms with E-state index in [-0.39, 0.29) is 18.2 Å².